The molecule has 53 heavy (non-hydrogen) atoms. The number of carbonyl (C=O) groups excluding carboxylic acids is 2. The lowest BCUT2D eigenvalue weighted by Gasteiger charge is -2.20. The van der Waals surface area contributed by atoms with E-state index in [-0.39, 0.29) is 19.4 Å². The Balaban J connectivity index is 4.39. The van der Waals surface area contributed by atoms with Gasteiger partial charge in [-0.3, -0.25) is 23.4 Å². The van der Waals surface area contributed by atoms with E-state index in [2.05, 4.69) is 42.3 Å². The monoisotopic (exact) mass is 772 g/mol. The van der Waals surface area contributed by atoms with E-state index in [9.17, 15) is 23.8 Å². The van der Waals surface area contributed by atoms with Crippen LogP contribution in [0, 0.1) is 0 Å². The van der Waals surface area contributed by atoms with Crippen molar-refractivity contribution in [3.8, 4) is 0 Å². The number of unbranched alkanes of at least 4 members (excludes halogenated alkanes) is 20. The highest BCUT2D eigenvalue weighted by molar-refractivity contribution is 7.47. The molecule has 0 rings (SSSR count). The van der Waals surface area contributed by atoms with Crippen LogP contribution in [0.25, 0.3) is 0 Å². The number of nitrogens with two attached hydrogens (primary N) is 1. The lowest BCUT2D eigenvalue weighted by molar-refractivity contribution is -0.161. The summed E-state index contributed by atoms with van der Waals surface area (Å²) in [6.45, 7) is 4.26. The lowest BCUT2D eigenvalue weighted by atomic mass is 10.0. The molecular formula is C41H74NO10P. The van der Waals surface area contributed by atoms with Gasteiger partial charge in [-0.15, -0.1) is 6.58 Å². The molecule has 0 spiro atoms. The molecule has 0 aromatic rings. The first-order valence-electron chi connectivity index (χ1n) is 20.5. The molecule has 4 N–H and O–H groups in total. The summed E-state index contributed by atoms with van der Waals surface area (Å²) in [5.41, 5.74) is 5.32. The van der Waals surface area contributed by atoms with Crippen LogP contribution in [-0.4, -0.2) is 59.9 Å². The van der Waals surface area contributed by atoms with E-state index in [0.29, 0.717) is 12.8 Å². The minimum Gasteiger partial charge on any atom is -0.480 e. The summed E-state index contributed by atoms with van der Waals surface area (Å²) in [7, 11) is -4.72. The Labute approximate surface area is 321 Å². The molecule has 3 atom stereocenters. The lowest BCUT2D eigenvalue weighted by Crippen LogP contribution is -2.34. The van der Waals surface area contributed by atoms with Gasteiger partial charge in [0.05, 0.1) is 13.2 Å². The number of ether oxygens (including phenoxy) is 2. The number of allylic oxidation sites excluding steroid dienone is 5. The fourth-order valence-corrected chi connectivity index (χ4v) is 6.25. The molecule has 0 saturated carbocycles. The van der Waals surface area contributed by atoms with E-state index in [1.807, 2.05) is 6.08 Å². The van der Waals surface area contributed by atoms with E-state index < -0.39 is 51.1 Å². The number of carboxylic acid groups (broad SMARTS) is 1. The van der Waals surface area contributed by atoms with Crippen molar-refractivity contribution in [2.24, 2.45) is 5.73 Å². The van der Waals surface area contributed by atoms with Crippen LogP contribution in [0.3, 0.4) is 0 Å². The fraction of sp³-hybridized carbons (Fsp3) is 0.780. The van der Waals surface area contributed by atoms with Gasteiger partial charge in [0.2, 0.25) is 0 Å². The zero-order chi connectivity index (χ0) is 39.3. The van der Waals surface area contributed by atoms with Gasteiger partial charge in [0.1, 0.15) is 12.6 Å². The first-order valence-corrected chi connectivity index (χ1v) is 22.0. The fourth-order valence-electron chi connectivity index (χ4n) is 5.47. The molecule has 0 aromatic carbocycles. The number of esters is 2. The molecule has 1 unspecified atom stereocenters. The van der Waals surface area contributed by atoms with Gasteiger partial charge in [0, 0.05) is 12.8 Å². The van der Waals surface area contributed by atoms with Crippen molar-refractivity contribution in [3.05, 3.63) is 37.0 Å². The zero-order valence-electron chi connectivity index (χ0n) is 32.9. The molecule has 0 aromatic heterocycles. The maximum Gasteiger partial charge on any atom is 0.472 e. The summed E-state index contributed by atoms with van der Waals surface area (Å²) in [5.74, 6) is -2.40. The highest BCUT2D eigenvalue weighted by Crippen LogP contribution is 2.43. The molecule has 12 heteroatoms. The van der Waals surface area contributed by atoms with Gasteiger partial charge >= 0.3 is 25.7 Å². The summed E-state index contributed by atoms with van der Waals surface area (Å²) in [6, 6.07) is -1.52. The second-order valence-electron chi connectivity index (χ2n) is 13.9. The Kier molecular flexibility index (Phi) is 35.1. The molecule has 0 aliphatic rings. The number of carbonyl (C=O) groups is 3. The maximum absolute atomic E-state index is 12.6. The number of phosphoric ester groups is 1. The van der Waals surface area contributed by atoms with Crippen molar-refractivity contribution >= 4 is 25.7 Å². The summed E-state index contributed by atoms with van der Waals surface area (Å²) >= 11 is 0. The van der Waals surface area contributed by atoms with Crippen LogP contribution in [0.4, 0.5) is 0 Å². The number of hydrogen-bond donors (Lipinski definition) is 3. The molecule has 308 valence electrons. The predicted molar refractivity (Wildman–Crippen MR) is 212 cm³/mol. The van der Waals surface area contributed by atoms with Crippen LogP contribution in [0.2, 0.25) is 0 Å². The molecule has 0 heterocycles. The quantitative estimate of drug-likeness (QED) is 0.0235. The van der Waals surface area contributed by atoms with E-state index >= 15 is 0 Å². The maximum atomic E-state index is 12.6. The van der Waals surface area contributed by atoms with E-state index in [4.69, 9.17) is 24.8 Å². The van der Waals surface area contributed by atoms with Gasteiger partial charge in [0.25, 0.3) is 0 Å². The third kappa shape index (κ3) is 36.4. The van der Waals surface area contributed by atoms with Gasteiger partial charge < -0.3 is 25.2 Å². The normalized spacial score (nSPS) is 13.9. The minimum absolute atomic E-state index is 0.145. The molecule has 0 fully saturated rings. The van der Waals surface area contributed by atoms with Crippen LogP contribution in [-0.2, 0) is 37.5 Å². The topological polar surface area (TPSA) is 172 Å². The molecule has 0 saturated heterocycles. The van der Waals surface area contributed by atoms with Gasteiger partial charge in [0.15, 0.2) is 6.10 Å². The standard InChI is InChI=1S/C41H74NO10P/c1-3-5-7-9-11-13-15-17-19-21-22-24-26-28-30-32-39(43)49-34-37(35-50-53(47,48)51-36-38(42)41(45)46)52-40(44)33-31-29-27-25-23-20-18-16-14-12-10-8-6-4-2/h3,10,12,16,18,37-38H,1,4-9,11,13-15,17,19-36,42H2,2H3,(H,45,46)(H,47,48)/b12-10+,18-16+/t37-,38+/m1/s1. The Morgan fingerprint density at radius 1 is 0.642 bits per heavy atom. The van der Waals surface area contributed by atoms with Gasteiger partial charge in [-0.25, -0.2) is 4.57 Å². The molecule has 0 aliphatic heterocycles. The number of phosphoric acid groups is 1. The van der Waals surface area contributed by atoms with Gasteiger partial charge in [-0.05, 0) is 51.4 Å². The van der Waals surface area contributed by atoms with Gasteiger partial charge in [-0.2, -0.15) is 0 Å². The number of aliphatic carboxylic acids is 1. The largest absolute Gasteiger partial charge is 0.480 e. The van der Waals surface area contributed by atoms with Gasteiger partial charge in [-0.1, -0.05) is 140 Å². The smallest absolute Gasteiger partial charge is 0.472 e. The van der Waals surface area contributed by atoms with Crippen molar-refractivity contribution in [2.75, 3.05) is 19.8 Å². The van der Waals surface area contributed by atoms with Crippen molar-refractivity contribution in [1.29, 1.82) is 0 Å². The average Bonchev–Trinajstić information content (AvgIpc) is 3.13. The number of carboxylic acids is 1. The SMILES string of the molecule is C=CCCCCCCCCCCCCCCCC(=O)OC[C@H](COP(=O)(O)OC[C@H](N)C(=O)O)OC(=O)CCCCCCC/C=C/C/C=C/CCCC. The van der Waals surface area contributed by atoms with Crippen LogP contribution in [0.15, 0.2) is 37.0 Å². The summed E-state index contributed by atoms with van der Waals surface area (Å²) < 4.78 is 32.6. The van der Waals surface area contributed by atoms with Crippen LogP contribution >= 0.6 is 7.82 Å². The Morgan fingerprint density at radius 2 is 1.09 bits per heavy atom. The molecular weight excluding hydrogens is 697 g/mol. The Bertz CT molecular complexity index is 1030. The Morgan fingerprint density at radius 3 is 1.60 bits per heavy atom. The van der Waals surface area contributed by atoms with Crippen LogP contribution in [0.1, 0.15) is 174 Å². The molecule has 0 amide bonds. The molecule has 11 nitrogen and oxygen atoms in total. The summed E-state index contributed by atoms with van der Waals surface area (Å²) in [5, 5.41) is 8.87. The number of hydrogen-bond acceptors (Lipinski definition) is 9. The first-order chi connectivity index (χ1) is 25.6. The van der Waals surface area contributed by atoms with E-state index in [0.717, 1.165) is 70.6 Å². The number of rotatable bonds is 39. The predicted octanol–water partition coefficient (Wildman–Crippen LogP) is 10.4. The Hall–Kier alpha value is -2.30. The minimum atomic E-state index is -4.72. The third-order valence-corrected chi connectivity index (χ3v) is 9.71. The third-order valence-electron chi connectivity index (χ3n) is 8.76. The van der Waals surface area contributed by atoms with Crippen molar-refractivity contribution in [1.82, 2.24) is 0 Å². The molecule has 0 bridgehead atoms. The van der Waals surface area contributed by atoms with E-state index in [1.54, 1.807) is 0 Å². The van der Waals surface area contributed by atoms with Crippen molar-refractivity contribution in [3.63, 3.8) is 0 Å². The summed E-state index contributed by atoms with van der Waals surface area (Å²) in [4.78, 5) is 45.8. The second kappa shape index (κ2) is 36.7. The molecule has 0 aliphatic carbocycles. The van der Waals surface area contributed by atoms with Crippen LogP contribution < -0.4 is 5.73 Å². The molecule has 0 radical (unpaired) electrons. The summed E-state index contributed by atoms with van der Waals surface area (Å²) in [6.07, 6.45) is 36.7. The average molecular weight is 772 g/mol. The highest BCUT2D eigenvalue weighted by Gasteiger charge is 2.28. The highest BCUT2D eigenvalue weighted by atomic mass is 31.2. The zero-order valence-corrected chi connectivity index (χ0v) is 33.8. The van der Waals surface area contributed by atoms with Crippen molar-refractivity contribution in [2.45, 2.75) is 186 Å². The van der Waals surface area contributed by atoms with E-state index in [1.165, 1.54) is 70.6 Å². The van der Waals surface area contributed by atoms with Crippen molar-refractivity contribution < 1.29 is 47.5 Å². The first kappa shape index (κ1) is 50.7. The van der Waals surface area contributed by atoms with Crippen LogP contribution in [0.5, 0.6) is 0 Å². The second-order valence-corrected chi connectivity index (χ2v) is 15.3.